The predicted octanol–water partition coefficient (Wildman–Crippen LogP) is -6.74. The summed E-state index contributed by atoms with van der Waals surface area (Å²) in [6.45, 7) is -1.70. The van der Waals surface area contributed by atoms with E-state index in [0.29, 0.717) is 14.7 Å². The molecule has 1 aliphatic heterocycles. The average molecular weight is 428 g/mol. The molecule has 1 aliphatic rings. The number of carboxylic acids is 1. The normalized spacial score (nSPS) is 16.1. The van der Waals surface area contributed by atoms with Gasteiger partial charge in [0, 0.05) is 0 Å². The van der Waals surface area contributed by atoms with Gasteiger partial charge in [0.2, 0.25) is 0 Å². The van der Waals surface area contributed by atoms with Gasteiger partial charge in [-0.2, -0.15) is 0 Å². The van der Waals surface area contributed by atoms with Crippen LogP contribution in [0.1, 0.15) is 6.92 Å². The van der Waals surface area contributed by atoms with Crippen molar-refractivity contribution in [3.05, 3.63) is 24.3 Å². The van der Waals surface area contributed by atoms with Crippen LogP contribution in [-0.2, 0) is 9.59 Å². The third kappa shape index (κ3) is 8.34. The molecule has 0 aromatic rings. The van der Waals surface area contributed by atoms with Gasteiger partial charge in [-0.25, -0.2) is 14.5 Å². The van der Waals surface area contributed by atoms with Crippen LogP contribution < -0.4 is 61.8 Å². The molecule has 0 saturated carbocycles. The molecule has 1 heterocycles. The number of nitrogens with zero attached hydrogens (tertiary/aromatic N) is 3. The first-order valence-electron chi connectivity index (χ1n) is 7.40. The molecule has 1 fully saturated rings. The number of urea groups is 2. The predicted molar refractivity (Wildman–Crippen MR) is 85.5 cm³/mol. The van der Waals surface area contributed by atoms with Crippen molar-refractivity contribution in [1.82, 2.24) is 20.0 Å². The van der Waals surface area contributed by atoms with Gasteiger partial charge < -0.3 is 35.6 Å². The molecule has 14 heteroatoms. The van der Waals surface area contributed by atoms with Crippen molar-refractivity contribution in [2.24, 2.45) is 0 Å². The molecule has 5 N–H and O–H groups in total. The number of imide groups is 1. The molecule has 152 valence electrons. The quantitative estimate of drug-likeness (QED) is 0.0861. The van der Waals surface area contributed by atoms with Gasteiger partial charge in [-0.05, 0) is 13.0 Å². The van der Waals surface area contributed by atoms with Crippen LogP contribution in [0.25, 0.3) is 0 Å². The summed E-state index contributed by atoms with van der Waals surface area (Å²) < 4.78 is 0. The molecule has 1 atom stereocenters. The van der Waals surface area contributed by atoms with E-state index in [4.69, 9.17) is 20.4 Å². The molecule has 0 aliphatic carbocycles. The fraction of sp³-hybridized carbons (Fsp3) is 0.429. The third-order valence-corrected chi connectivity index (χ3v) is 3.03. The topological polar surface area (TPSA) is 194 Å². The van der Waals surface area contributed by atoms with E-state index in [2.05, 4.69) is 0 Å². The number of carbonyl (C=O) groups excluding carboxylic acids is 4. The van der Waals surface area contributed by atoms with Gasteiger partial charge in [-0.3, -0.25) is 14.6 Å². The van der Waals surface area contributed by atoms with Crippen molar-refractivity contribution in [2.45, 2.75) is 13.1 Å². The largest absolute Gasteiger partial charge is 1.00 e. The van der Waals surface area contributed by atoms with Crippen molar-refractivity contribution in [2.75, 3.05) is 26.9 Å². The van der Waals surface area contributed by atoms with Crippen LogP contribution in [0.3, 0.4) is 0 Å². The summed E-state index contributed by atoms with van der Waals surface area (Å²) in [5.41, 5.74) is 0. The molecule has 0 spiro atoms. The molecule has 0 aromatic carbocycles. The Hall–Kier alpha value is -1.36. The summed E-state index contributed by atoms with van der Waals surface area (Å²) in [7, 11) is 0. The van der Waals surface area contributed by atoms with Crippen LogP contribution in [0.5, 0.6) is 0 Å². The minimum absolute atomic E-state index is 0. The van der Waals surface area contributed by atoms with E-state index >= 15 is 0 Å². The summed E-state index contributed by atoms with van der Waals surface area (Å²) in [5.74, 6) is -2.15. The van der Waals surface area contributed by atoms with Crippen molar-refractivity contribution in [3.8, 4) is 0 Å². The molecular formula is C14H21KN4O9. The average Bonchev–Trinajstić information content (AvgIpc) is 2.86. The molecule has 1 rings (SSSR count). The first kappa shape index (κ1) is 28.8. The molecule has 1 unspecified atom stereocenters. The zero-order valence-electron chi connectivity index (χ0n) is 15.4. The maximum Gasteiger partial charge on any atom is 1.00 e. The monoisotopic (exact) mass is 428 g/mol. The number of allylic oxidation sites excluding steroid dienone is 3. The van der Waals surface area contributed by atoms with Gasteiger partial charge in [-0.1, -0.05) is 18.2 Å². The third-order valence-electron chi connectivity index (χ3n) is 3.03. The van der Waals surface area contributed by atoms with Crippen molar-refractivity contribution in [1.29, 1.82) is 0 Å². The van der Waals surface area contributed by atoms with Crippen molar-refractivity contribution < 1.29 is 96.1 Å². The van der Waals surface area contributed by atoms with Crippen molar-refractivity contribution >= 4 is 23.9 Å². The summed E-state index contributed by atoms with van der Waals surface area (Å²) in [4.78, 5) is 46.1. The van der Waals surface area contributed by atoms with Crippen LogP contribution in [0.4, 0.5) is 9.59 Å². The van der Waals surface area contributed by atoms with E-state index in [1.807, 2.05) is 5.32 Å². The van der Waals surface area contributed by atoms with E-state index in [1.165, 1.54) is 6.08 Å². The molecule has 0 bridgehead atoms. The van der Waals surface area contributed by atoms with Gasteiger partial charge in [-0.15, -0.1) is 0 Å². The minimum Gasteiger partial charge on any atom is -0.545 e. The van der Waals surface area contributed by atoms with E-state index in [1.54, 1.807) is 19.1 Å². The smallest absolute Gasteiger partial charge is 0.545 e. The zero-order valence-corrected chi connectivity index (χ0v) is 18.5. The second-order valence-corrected chi connectivity index (χ2v) is 4.63. The van der Waals surface area contributed by atoms with E-state index in [-0.39, 0.29) is 51.4 Å². The molecule has 0 radical (unpaired) electrons. The SMILES string of the molecule is C/C=C/C=C/C(=O)[O-].O=C1C(N(CO)C(=O)NCO)N(CO)C(=O)N1CO.[K+]. The van der Waals surface area contributed by atoms with Crippen LogP contribution in [0.15, 0.2) is 24.3 Å². The Labute approximate surface area is 202 Å². The number of nitrogens with one attached hydrogen (secondary N) is 1. The second-order valence-electron chi connectivity index (χ2n) is 4.63. The Balaban J connectivity index is 0. The first-order chi connectivity index (χ1) is 12.8. The van der Waals surface area contributed by atoms with Crippen LogP contribution >= 0.6 is 0 Å². The number of rotatable bonds is 7. The van der Waals surface area contributed by atoms with E-state index in [0.717, 1.165) is 6.08 Å². The number of aliphatic carboxylic acids is 1. The molecule has 5 amide bonds. The van der Waals surface area contributed by atoms with E-state index < -0.39 is 57.0 Å². The van der Waals surface area contributed by atoms with Crippen LogP contribution in [0.2, 0.25) is 0 Å². The number of aliphatic hydroxyl groups excluding tert-OH is 4. The summed E-state index contributed by atoms with van der Waals surface area (Å²) in [6.07, 6.45) is 4.14. The second kappa shape index (κ2) is 15.5. The summed E-state index contributed by atoms with van der Waals surface area (Å²) >= 11 is 0. The zero-order chi connectivity index (χ0) is 21.0. The van der Waals surface area contributed by atoms with E-state index in [9.17, 15) is 24.3 Å². The van der Waals surface area contributed by atoms with Crippen LogP contribution in [0, 0.1) is 0 Å². The Morgan fingerprint density at radius 3 is 2.18 bits per heavy atom. The Morgan fingerprint density at radius 1 is 1.18 bits per heavy atom. The number of carboxylic acid groups (broad SMARTS) is 1. The Bertz CT molecular complexity index is 599. The number of hydrogen-bond donors (Lipinski definition) is 5. The Morgan fingerprint density at radius 2 is 1.79 bits per heavy atom. The molecule has 0 aromatic heterocycles. The van der Waals surface area contributed by atoms with Crippen molar-refractivity contribution in [3.63, 3.8) is 0 Å². The fourth-order valence-electron chi connectivity index (χ4n) is 1.86. The molecule has 13 nitrogen and oxygen atoms in total. The van der Waals surface area contributed by atoms with Gasteiger partial charge in [0.15, 0.2) is 6.17 Å². The summed E-state index contributed by atoms with van der Waals surface area (Å²) in [6, 6.07) is -2.02. The number of carbonyl (C=O) groups is 4. The molecule has 28 heavy (non-hydrogen) atoms. The number of hydrogen-bond acceptors (Lipinski definition) is 9. The standard InChI is InChI=1S/C8H14N4O7.C6H8O2.K/c13-1-9-7(18)10(2-14)5-6(17)12(4-16)8(19)11(5)3-15;1-2-3-4-5-6(7)8;/h5,13-16H,1-4H2,(H,9,18);2-5H,1H3,(H,7,8);/q;;+1/p-1/b;3-2+,5-4+;. The van der Waals surface area contributed by atoms with Gasteiger partial charge >= 0.3 is 63.4 Å². The Kier molecular flexibility index (Phi) is 16.0. The maximum atomic E-state index is 11.8. The van der Waals surface area contributed by atoms with Gasteiger partial charge in [0.05, 0.1) is 5.97 Å². The molecule has 1 saturated heterocycles. The van der Waals surface area contributed by atoms with Gasteiger partial charge in [0.1, 0.15) is 26.9 Å². The maximum absolute atomic E-state index is 11.8. The van der Waals surface area contributed by atoms with Gasteiger partial charge in [0.25, 0.3) is 5.91 Å². The first-order valence-corrected chi connectivity index (χ1v) is 7.40. The molecular weight excluding hydrogens is 407 g/mol. The minimum atomic E-state index is -1.60. The van der Waals surface area contributed by atoms with Crippen LogP contribution in [-0.4, -0.2) is 92.2 Å². The number of aliphatic hydroxyl groups is 4. The fourth-order valence-corrected chi connectivity index (χ4v) is 1.86. The number of amides is 5. The summed E-state index contributed by atoms with van der Waals surface area (Å²) in [5, 5.41) is 47.1.